The lowest BCUT2D eigenvalue weighted by atomic mass is 9.90. The Labute approximate surface area is 93.1 Å². The fraction of sp³-hybridized carbons (Fsp3) is 0.917. The van der Waals surface area contributed by atoms with Crippen molar-refractivity contribution in [2.75, 3.05) is 0 Å². The highest BCUT2D eigenvalue weighted by molar-refractivity contribution is 5.60. The third-order valence-corrected chi connectivity index (χ3v) is 1.59. The van der Waals surface area contributed by atoms with Crippen LogP contribution in [0, 0.1) is 5.41 Å². The highest BCUT2D eigenvalue weighted by Crippen LogP contribution is 2.22. The van der Waals surface area contributed by atoms with Crippen LogP contribution in [-0.2, 0) is 9.47 Å². The standard InChI is InChI=1S/C12H24O3/c1-9(8-11(2,3)4)14-10(13)15-12(5,6)7/h9H,8H2,1-7H3. The molecule has 0 bridgehead atoms. The second-order valence-corrected chi connectivity index (χ2v) is 6.16. The van der Waals surface area contributed by atoms with Gasteiger partial charge in [0.15, 0.2) is 0 Å². The van der Waals surface area contributed by atoms with E-state index in [0.29, 0.717) is 0 Å². The van der Waals surface area contributed by atoms with Gasteiger partial charge in [0.2, 0.25) is 0 Å². The number of carbonyl (C=O) groups is 1. The number of hydrogen-bond donors (Lipinski definition) is 0. The number of hydrogen-bond acceptors (Lipinski definition) is 3. The molecule has 0 aliphatic carbocycles. The first-order valence-electron chi connectivity index (χ1n) is 5.39. The van der Waals surface area contributed by atoms with Crippen molar-refractivity contribution in [3.8, 4) is 0 Å². The Morgan fingerprint density at radius 2 is 1.60 bits per heavy atom. The lowest BCUT2D eigenvalue weighted by molar-refractivity contribution is -0.0296. The lowest BCUT2D eigenvalue weighted by Gasteiger charge is -2.25. The number of carbonyl (C=O) groups excluding carboxylic acids is 1. The van der Waals surface area contributed by atoms with Crippen LogP contribution in [0.15, 0.2) is 0 Å². The van der Waals surface area contributed by atoms with Gasteiger partial charge in [-0.3, -0.25) is 0 Å². The van der Waals surface area contributed by atoms with Crippen LogP contribution in [0.5, 0.6) is 0 Å². The first-order chi connectivity index (χ1) is 6.49. The largest absolute Gasteiger partial charge is 0.509 e. The molecule has 0 aromatic rings. The van der Waals surface area contributed by atoms with Crippen molar-refractivity contribution >= 4 is 6.16 Å². The van der Waals surface area contributed by atoms with Gasteiger partial charge in [-0.05, 0) is 39.5 Å². The predicted molar refractivity (Wildman–Crippen MR) is 60.9 cm³/mol. The lowest BCUT2D eigenvalue weighted by Crippen LogP contribution is -2.28. The van der Waals surface area contributed by atoms with Gasteiger partial charge in [0.25, 0.3) is 0 Å². The minimum atomic E-state index is -0.584. The van der Waals surface area contributed by atoms with E-state index in [2.05, 4.69) is 20.8 Å². The molecule has 0 rings (SSSR count). The molecular formula is C12H24O3. The average Bonchev–Trinajstić information content (AvgIpc) is 1.73. The van der Waals surface area contributed by atoms with Crippen molar-refractivity contribution in [1.82, 2.24) is 0 Å². The molecule has 0 aromatic heterocycles. The van der Waals surface area contributed by atoms with E-state index in [4.69, 9.17) is 9.47 Å². The van der Waals surface area contributed by atoms with Gasteiger partial charge in [-0.2, -0.15) is 0 Å². The Balaban J connectivity index is 3.98. The molecule has 0 N–H and O–H groups in total. The molecule has 0 saturated carbocycles. The van der Waals surface area contributed by atoms with E-state index in [0.717, 1.165) is 6.42 Å². The highest BCUT2D eigenvalue weighted by Gasteiger charge is 2.22. The second-order valence-electron chi connectivity index (χ2n) is 6.16. The van der Waals surface area contributed by atoms with Gasteiger partial charge in [0.05, 0.1) is 0 Å². The average molecular weight is 216 g/mol. The minimum Gasteiger partial charge on any atom is -0.431 e. The molecule has 90 valence electrons. The van der Waals surface area contributed by atoms with Crippen LogP contribution in [0.25, 0.3) is 0 Å². The summed E-state index contributed by atoms with van der Waals surface area (Å²) in [4.78, 5) is 11.3. The van der Waals surface area contributed by atoms with Gasteiger partial charge in [0.1, 0.15) is 11.7 Å². The van der Waals surface area contributed by atoms with Crippen LogP contribution in [0.2, 0.25) is 0 Å². The van der Waals surface area contributed by atoms with Crippen molar-refractivity contribution in [3.05, 3.63) is 0 Å². The predicted octanol–water partition coefficient (Wildman–Crippen LogP) is 3.76. The topological polar surface area (TPSA) is 35.5 Å². The van der Waals surface area contributed by atoms with E-state index in [9.17, 15) is 4.79 Å². The van der Waals surface area contributed by atoms with Crippen LogP contribution < -0.4 is 0 Å². The van der Waals surface area contributed by atoms with Crippen LogP contribution in [0.3, 0.4) is 0 Å². The summed E-state index contributed by atoms with van der Waals surface area (Å²) in [6, 6.07) is 0. The Kier molecular flexibility index (Phi) is 4.63. The molecule has 0 saturated heterocycles. The molecule has 0 radical (unpaired) electrons. The summed E-state index contributed by atoms with van der Waals surface area (Å²) in [6.07, 6.45) is 0.130. The number of ether oxygens (including phenoxy) is 2. The van der Waals surface area contributed by atoms with Gasteiger partial charge in [-0.15, -0.1) is 0 Å². The third-order valence-electron chi connectivity index (χ3n) is 1.59. The van der Waals surface area contributed by atoms with E-state index in [-0.39, 0.29) is 11.5 Å². The second kappa shape index (κ2) is 4.86. The first kappa shape index (κ1) is 14.3. The molecule has 0 aromatic carbocycles. The monoisotopic (exact) mass is 216 g/mol. The maximum atomic E-state index is 11.3. The summed E-state index contributed by atoms with van der Waals surface area (Å²) in [6.45, 7) is 13.7. The maximum absolute atomic E-state index is 11.3. The van der Waals surface area contributed by atoms with E-state index < -0.39 is 11.8 Å². The molecule has 0 aliphatic rings. The van der Waals surface area contributed by atoms with Crippen molar-refractivity contribution in [2.45, 2.75) is 66.6 Å². The zero-order valence-corrected chi connectivity index (χ0v) is 11.0. The molecular weight excluding hydrogens is 192 g/mol. The molecule has 1 unspecified atom stereocenters. The quantitative estimate of drug-likeness (QED) is 0.659. The normalized spacial score (nSPS) is 14.6. The Morgan fingerprint density at radius 1 is 1.13 bits per heavy atom. The van der Waals surface area contributed by atoms with Gasteiger partial charge < -0.3 is 9.47 Å². The van der Waals surface area contributed by atoms with Crippen LogP contribution >= 0.6 is 0 Å². The summed E-state index contributed by atoms with van der Waals surface area (Å²) >= 11 is 0. The van der Waals surface area contributed by atoms with E-state index in [1.807, 2.05) is 27.7 Å². The summed E-state index contributed by atoms with van der Waals surface area (Å²) in [7, 11) is 0. The van der Waals surface area contributed by atoms with Gasteiger partial charge in [-0.25, -0.2) is 4.79 Å². The van der Waals surface area contributed by atoms with Crippen LogP contribution in [0.4, 0.5) is 4.79 Å². The van der Waals surface area contributed by atoms with Crippen molar-refractivity contribution in [3.63, 3.8) is 0 Å². The van der Waals surface area contributed by atoms with Crippen molar-refractivity contribution < 1.29 is 14.3 Å². The zero-order chi connectivity index (χ0) is 12.3. The molecule has 1 atom stereocenters. The summed E-state index contributed by atoms with van der Waals surface area (Å²) in [5.74, 6) is 0. The fourth-order valence-electron chi connectivity index (χ4n) is 1.34. The van der Waals surface area contributed by atoms with Crippen molar-refractivity contribution in [2.24, 2.45) is 5.41 Å². The van der Waals surface area contributed by atoms with Gasteiger partial charge in [-0.1, -0.05) is 20.8 Å². The maximum Gasteiger partial charge on any atom is 0.509 e. The van der Waals surface area contributed by atoms with E-state index in [1.54, 1.807) is 0 Å². The van der Waals surface area contributed by atoms with Gasteiger partial charge >= 0.3 is 6.16 Å². The van der Waals surface area contributed by atoms with Gasteiger partial charge in [0, 0.05) is 0 Å². The summed E-state index contributed by atoms with van der Waals surface area (Å²) in [5.41, 5.74) is -0.333. The van der Waals surface area contributed by atoms with E-state index in [1.165, 1.54) is 0 Å². The van der Waals surface area contributed by atoms with Crippen LogP contribution in [-0.4, -0.2) is 17.9 Å². The fourth-order valence-corrected chi connectivity index (χ4v) is 1.34. The molecule has 0 aliphatic heterocycles. The summed E-state index contributed by atoms with van der Waals surface area (Å²) < 4.78 is 10.2. The molecule has 0 heterocycles. The highest BCUT2D eigenvalue weighted by atomic mass is 16.7. The van der Waals surface area contributed by atoms with Crippen LogP contribution in [0.1, 0.15) is 54.9 Å². The first-order valence-corrected chi connectivity index (χ1v) is 5.39. The molecule has 0 fully saturated rings. The third kappa shape index (κ3) is 9.57. The van der Waals surface area contributed by atoms with Crippen molar-refractivity contribution in [1.29, 1.82) is 0 Å². The minimum absolute atomic E-state index is 0.111. The zero-order valence-electron chi connectivity index (χ0n) is 11.0. The molecule has 0 amide bonds. The smallest absolute Gasteiger partial charge is 0.431 e. The van der Waals surface area contributed by atoms with E-state index >= 15 is 0 Å². The Bertz CT molecular complexity index is 208. The molecule has 0 spiro atoms. The molecule has 3 heteroatoms. The SMILES string of the molecule is CC(CC(C)(C)C)OC(=O)OC(C)(C)C. The molecule has 15 heavy (non-hydrogen) atoms. The number of rotatable bonds is 2. The molecule has 3 nitrogen and oxygen atoms in total. The Hall–Kier alpha value is -0.730. The summed E-state index contributed by atoms with van der Waals surface area (Å²) in [5, 5.41) is 0. The Morgan fingerprint density at radius 3 is 1.93 bits per heavy atom.